The second-order valence-electron chi connectivity index (χ2n) is 8.97. The molecule has 1 saturated heterocycles. The van der Waals surface area contributed by atoms with E-state index in [9.17, 15) is 42.1 Å². The maximum absolute atomic E-state index is 13.6. The number of hydrogen-bond donors (Lipinski definition) is 4. The van der Waals surface area contributed by atoms with E-state index in [0.717, 1.165) is 12.0 Å². The second-order valence-corrected chi connectivity index (χ2v) is 8.97. The summed E-state index contributed by atoms with van der Waals surface area (Å²) in [6.45, 7) is 4.60. The molecule has 0 bridgehead atoms. The van der Waals surface area contributed by atoms with Crippen molar-refractivity contribution in [2.45, 2.75) is 64.1 Å². The summed E-state index contributed by atoms with van der Waals surface area (Å²) < 4.78 is 86.9. The summed E-state index contributed by atoms with van der Waals surface area (Å²) in [5, 5.41) is 32.3. The van der Waals surface area contributed by atoms with Crippen LogP contribution in [0.5, 0.6) is 5.75 Å². The highest BCUT2D eigenvalue weighted by Crippen LogP contribution is 2.29. The maximum atomic E-state index is 13.6. The fourth-order valence-corrected chi connectivity index (χ4v) is 3.61. The quantitative estimate of drug-likeness (QED) is 0.0627. The van der Waals surface area contributed by atoms with E-state index in [4.69, 9.17) is 14.2 Å². The highest BCUT2D eigenvalue weighted by atomic mass is 19.2. The zero-order chi connectivity index (χ0) is 29.1. The van der Waals surface area contributed by atoms with Gasteiger partial charge in [-0.3, -0.25) is 4.79 Å². The average Bonchev–Trinajstić information content (AvgIpc) is 2.91. The molecule has 1 aromatic carbocycles. The van der Waals surface area contributed by atoms with Gasteiger partial charge in [-0.1, -0.05) is 13.8 Å². The van der Waals surface area contributed by atoms with Crippen molar-refractivity contribution in [3.8, 4) is 5.75 Å². The Hall–Kier alpha value is -2.36. The first-order valence-corrected chi connectivity index (χ1v) is 12.5. The molecule has 1 aliphatic heterocycles. The molecule has 2 rings (SSSR count). The van der Waals surface area contributed by atoms with E-state index in [1.165, 1.54) is 0 Å². The van der Waals surface area contributed by atoms with Gasteiger partial charge in [0.2, 0.25) is 34.8 Å². The minimum atomic E-state index is -2.35. The molecule has 1 aliphatic rings. The van der Waals surface area contributed by atoms with Crippen LogP contribution < -0.4 is 10.1 Å². The van der Waals surface area contributed by atoms with Gasteiger partial charge < -0.3 is 39.6 Å². The molecular formula is C25H34F5NO8. The lowest BCUT2D eigenvalue weighted by Gasteiger charge is -2.34. The van der Waals surface area contributed by atoms with Crippen molar-refractivity contribution in [1.29, 1.82) is 0 Å². The van der Waals surface area contributed by atoms with Crippen LogP contribution in [0.25, 0.3) is 0 Å². The van der Waals surface area contributed by atoms with Crippen molar-refractivity contribution in [1.82, 2.24) is 5.32 Å². The minimum Gasteiger partial charge on any atom is -0.420 e. The molecule has 0 aliphatic carbocycles. The largest absolute Gasteiger partial charge is 0.420 e. The molecule has 0 spiro atoms. The summed E-state index contributed by atoms with van der Waals surface area (Å²) in [6.07, 6.45) is -1.60. The SMILES string of the molecule is CCC(C)/C(=C\NCCOCCC(=O)Oc1c(F)c(F)c(F)c(F)c1F)CCOCC1OC(O)CC(O)C1O. The van der Waals surface area contributed by atoms with E-state index < -0.39 is 71.8 Å². The highest BCUT2D eigenvalue weighted by molar-refractivity contribution is 5.72. The van der Waals surface area contributed by atoms with Crippen LogP contribution in [0, 0.1) is 35.0 Å². The van der Waals surface area contributed by atoms with Gasteiger partial charge in [0.1, 0.15) is 12.2 Å². The lowest BCUT2D eigenvalue weighted by atomic mass is 9.97. The first-order valence-electron chi connectivity index (χ1n) is 12.5. The van der Waals surface area contributed by atoms with Crippen LogP contribution >= 0.6 is 0 Å². The van der Waals surface area contributed by atoms with E-state index in [1.807, 2.05) is 13.8 Å². The number of rotatable bonds is 15. The first-order chi connectivity index (χ1) is 18.5. The summed E-state index contributed by atoms with van der Waals surface area (Å²) in [7, 11) is 0. The smallest absolute Gasteiger partial charge is 0.313 e. The van der Waals surface area contributed by atoms with Gasteiger partial charge in [0.25, 0.3) is 0 Å². The molecule has 39 heavy (non-hydrogen) atoms. The zero-order valence-corrected chi connectivity index (χ0v) is 21.6. The number of hydrogen-bond acceptors (Lipinski definition) is 9. The number of ether oxygens (including phenoxy) is 4. The van der Waals surface area contributed by atoms with Gasteiger partial charge in [-0.2, -0.15) is 8.78 Å². The summed E-state index contributed by atoms with van der Waals surface area (Å²) in [5.74, 6) is -13.9. The molecule has 9 nitrogen and oxygen atoms in total. The summed E-state index contributed by atoms with van der Waals surface area (Å²) >= 11 is 0. The van der Waals surface area contributed by atoms with Crippen molar-refractivity contribution < 1.29 is 61.0 Å². The fourth-order valence-electron chi connectivity index (χ4n) is 3.61. The molecule has 1 fully saturated rings. The van der Waals surface area contributed by atoms with Gasteiger partial charge in [0.15, 0.2) is 6.29 Å². The Morgan fingerprint density at radius 1 is 1.00 bits per heavy atom. The second kappa shape index (κ2) is 16.0. The van der Waals surface area contributed by atoms with E-state index in [2.05, 4.69) is 10.1 Å². The Balaban J connectivity index is 1.69. The molecule has 5 unspecified atom stereocenters. The van der Waals surface area contributed by atoms with Crippen LogP contribution in [0.2, 0.25) is 0 Å². The van der Waals surface area contributed by atoms with Crippen molar-refractivity contribution in [2.75, 3.05) is 33.0 Å². The summed E-state index contributed by atoms with van der Waals surface area (Å²) in [5.41, 5.74) is 1.04. The third-order valence-electron chi connectivity index (χ3n) is 6.13. The van der Waals surface area contributed by atoms with E-state index >= 15 is 0 Å². The van der Waals surface area contributed by atoms with Crippen molar-refractivity contribution >= 4 is 5.97 Å². The van der Waals surface area contributed by atoms with Gasteiger partial charge in [0.05, 0.1) is 39.0 Å². The monoisotopic (exact) mass is 571 g/mol. The van der Waals surface area contributed by atoms with Crippen LogP contribution in [0.15, 0.2) is 11.8 Å². The topological polar surface area (TPSA) is 127 Å². The van der Waals surface area contributed by atoms with Crippen LogP contribution in [0.3, 0.4) is 0 Å². The number of carbonyl (C=O) groups is 1. The van der Waals surface area contributed by atoms with E-state index in [1.54, 1.807) is 6.20 Å². The van der Waals surface area contributed by atoms with Gasteiger partial charge in [-0.05, 0) is 30.5 Å². The van der Waals surface area contributed by atoms with Crippen LogP contribution in [-0.2, 0) is 19.0 Å². The minimum absolute atomic E-state index is 0.00288. The van der Waals surface area contributed by atoms with Crippen LogP contribution in [0.4, 0.5) is 22.0 Å². The normalized spacial score (nSPS) is 22.6. The molecule has 1 heterocycles. The number of carbonyl (C=O) groups excluding carboxylic acids is 1. The molecule has 0 saturated carbocycles. The lowest BCUT2D eigenvalue weighted by Crippen LogP contribution is -2.50. The predicted octanol–water partition coefficient (Wildman–Crippen LogP) is 2.45. The molecule has 14 heteroatoms. The Kier molecular flexibility index (Phi) is 13.5. The fraction of sp³-hybridized carbons (Fsp3) is 0.640. The third-order valence-corrected chi connectivity index (χ3v) is 6.13. The molecule has 4 N–H and O–H groups in total. The van der Waals surface area contributed by atoms with Crippen molar-refractivity contribution in [3.05, 3.63) is 40.9 Å². The number of nitrogens with one attached hydrogen (secondary N) is 1. The molecule has 222 valence electrons. The Morgan fingerprint density at radius 3 is 2.26 bits per heavy atom. The number of halogens is 5. The van der Waals surface area contributed by atoms with Gasteiger partial charge >= 0.3 is 5.97 Å². The Labute approximate surface area is 222 Å². The average molecular weight is 572 g/mol. The molecule has 0 radical (unpaired) electrons. The number of aliphatic hydroxyl groups excluding tert-OH is 3. The van der Waals surface area contributed by atoms with Crippen LogP contribution in [-0.4, -0.2) is 78.9 Å². The highest BCUT2D eigenvalue weighted by Gasteiger charge is 2.36. The van der Waals surface area contributed by atoms with E-state index in [-0.39, 0.29) is 32.2 Å². The first kappa shape index (κ1) is 32.8. The van der Waals surface area contributed by atoms with Gasteiger partial charge in [-0.25, -0.2) is 13.2 Å². The molecule has 1 aromatic rings. The number of esters is 1. The molecule has 5 atom stereocenters. The third kappa shape index (κ3) is 9.65. The summed E-state index contributed by atoms with van der Waals surface area (Å²) in [4.78, 5) is 11.7. The van der Waals surface area contributed by atoms with Crippen molar-refractivity contribution in [2.24, 2.45) is 5.92 Å². The number of benzene rings is 1. The van der Waals surface area contributed by atoms with E-state index in [0.29, 0.717) is 19.6 Å². The number of aliphatic hydroxyl groups is 3. The van der Waals surface area contributed by atoms with Gasteiger partial charge in [0, 0.05) is 13.0 Å². The van der Waals surface area contributed by atoms with Crippen LogP contribution in [0.1, 0.15) is 39.5 Å². The van der Waals surface area contributed by atoms with Crippen molar-refractivity contribution in [3.63, 3.8) is 0 Å². The summed E-state index contributed by atoms with van der Waals surface area (Å²) in [6, 6.07) is 0. The molecule has 0 amide bonds. The molecular weight excluding hydrogens is 537 g/mol. The predicted molar refractivity (Wildman–Crippen MR) is 126 cm³/mol. The zero-order valence-electron chi connectivity index (χ0n) is 21.6. The lowest BCUT2D eigenvalue weighted by molar-refractivity contribution is -0.242. The molecule has 0 aromatic heterocycles. The standard InChI is InChI=1S/C25H34F5NO8/c1-3-13(2)14(4-7-37-12-16-24(35)15(32)10-18(34)38-16)11-31-6-9-36-8-5-17(33)39-25-22(29)20(27)19(26)21(28)23(25)30/h11,13,15-16,18,24,31-32,34-35H,3-10,12H2,1-2H3/b14-11-. The maximum Gasteiger partial charge on any atom is 0.313 e. The van der Waals surface area contributed by atoms with Gasteiger partial charge in [-0.15, -0.1) is 0 Å². The Morgan fingerprint density at radius 2 is 1.62 bits per heavy atom. The Bertz CT molecular complexity index is 953.